The number of aromatic nitrogens is 3. The van der Waals surface area contributed by atoms with Crippen LogP contribution in [-0.4, -0.2) is 15.0 Å². The van der Waals surface area contributed by atoms with Crippen molar-refractivity contribution in [3.63, 3.8) is 0 Å². The van der Waals surface area contributed by atoms with Crippen molar-refractivity contribution in [1.29, 1.82) is 0 Å². The Morgan fingerprint density at radius 3 is 1.78 bits per heavy atom. The number of benzene rings is 7. The zero-order valence-electron chi connectivity index (χ0n) is 27.2. The van der Waals surface area contributed by atoms with Gasteiger partial charge in [-0.05, 0) is 52.6 Å². The molecule has 51 heavy (non-hydrogen) atoms. The van der Waals surface area contributed by atoms with Crippen LogP contribution in [0.3, 0.4) is 0 Å². The molecule has 0 amide bonds. The molecule has 0 bridgehead atoms. The molecule has 0 N–H and O–H groups in total. The summed E-state index contributed by atoms with van der Waals surface area (Å²) in [5, 5.41) is 2.14. The monoisotopic (exact) mass is 653 g/mol. The van der Waals surface area contributed by atoms with Crippen molar-refractivity contribution in [2.45, 2.75) is 5.41 Å². The summed E-state index contributed by atoms with van der Waals surface area (Å²) in [6.07, 6.45) is 0. The van der Waals surface area contributed by atoms with E-state index in [1.165, 1.54) is 22.3 Å². The number of hydrogen-bond acceptors (Lipinski definition) is 5. The Bertz CT molecular complexity index is 2810. The Kier molecular flexibility index (Phi) is 5.81. The highest BCUT2D eigenvalue weighted by molar-refractivity contribution is 6.05. The van der Waals surface area contributed by atoms with Crippen LogP contribution in [0.2, 0.25) is 0 Å². The van der Waals surface area contributed by atoms with E-state index in [1.54, 1.807) is 0 Å². The number of hydrogen-bond donors (Lipinski definition) is 0. The van der Waals surface area contributed by atoms with Gasteiger partial charge in [0, 0.05) is 33.0 Å². The van der Waals surface area contributed by atoms with Crippen molar-refractivity contribution < 1.29 is 9.15 Å². The molecule has 2 aliphatic rings. The van der Waals surface area contributed by atoms with Crippen LogP contribution in [0.25, 0.3) is 67.2 Å². The zero-order chi connectivity index (χ0) is 33.5. The van der Waals surface area contributed by atoms with Gasteiger partial charge < -0.3 is 9.15 Å². The fraction of sp³-hybridized carbons (Fsp3) is 0.0217. The first-order chi connectivity index (χ1) is 25.3. The quantitative estimate of drug-likeness (QED) is 0.190. The van der Waals surface area contributed by atoms with E-state index in [9.17, 15) is 0 Å². The third kappa shape index (κ3) is 3.94. The molecule has 9 aromatic rings. The van der Waals surface area contributed by atoms with Crippen molar-refractivity contribution in [2.75, 3.05) is 0 Å². The molecule has 5 nitrogen and oxygen atoms in total. The summed E-state index contributed by atoms with van der Waals surface area (Å²) in [5.74, 6) is 3.24. The van der Waals surface area contributed by atoms with Gasteiger partial charge in [-0.15, -0.1) is 0 Å². The molecule has 11 rings (SSSR count). The lowest BCUT2D eigenvalue weighted by Crippen LogP contribution is -2.32. The molecule has 0 fully saturated rings. The van der Waals surface area contributed by atoms with Crippen LogP contribution in [0, 0.1) is 0 Å². The second-order valence-electron chi connectivity index (χ2n) is 13.1. The minimum Gasteiger partial charge on any atom is -0.456 e. The summed E-state index contributed by atoms with van der Waals surface area (Å²) in [6.45, 7) is 0. The molecule has 0 unspecified atom stereocenters. The molecule has 0 radical (unpaired) electrons. The molecule has 1 spiro atoms. The van der Waals surface area contributed by atoms with Gasteiger partial charge in [0.15, 0.2) is 17.5 Å². The van der Waals surface area contributed by atoms with Crippen molar-refractivity contribution in [3.05, 3.63) is 186 Å². The van der Waals surface area contributed by atoms with Crippen molar-refractivity contribution in [2.24, 2.45) is 0 Å². The molecule has 1 aliphatic carbocycles. The molecule has 3 heterocycles. The minimum atomic E-state index is -0.585. The Morgan fingerprint density at radius 1 is 0.392 bits per heavy atom. The van der Waals surface area contributed by atoms with Gasteiger partial charge in [-0.1, -0.05) is 133 Å². The molecule has 0 saturated carbocycles. The van der Waals surface area contributed by atoms with Gasteiger partial charge in [0.2, 0.25) is 0 Å². The Morgan fingerprint density at radius 2 is 0.980 bits per heavy atom. The maximum absolute atomic E-state index is 6.95. The number of nitrogens with zero attached hydrogens (tertiary/aromatic N) is 3. The van der Waals surface area contributed by atoms with E-state index in [4.69, 9.17) is 24.1 Å². The third-order valence-corrected chi connectivity index (χ3v) is 10.4. The third-order valence-electron chi connectivity index (χ3n) is 10.4. The lowest BCUT2D eigenvalue weighted by Gasteiger charge is -2.39. The number of para-hydroxylation sites is 3. The number of rotatable bonds is 3. The molecular weight excluding hydrogens is 627 g/mol. The fourth-order valence-electron chi connectivity index (χ4n) is 8.26. The highest BCUT2D eigenvalue weighted by Gasteiger charge is 2.51. The van der Waals surface area contributed by atoms with Crippen LogP contribution in [0.5, 0.6) is 11.5 Å². The summed E-state index contributed by atoms with van der Waals surface area (Å²) < 4.78 is 13.2. The number of ether oxygens (including phenoxy) is 1. The second kappa shape index (κ2) is 10.6. The van der Waals surface area contributed by atoms with Crippen molar-refractivity contribution in [1.82, 2.24) is 15.0 Å². The van der Waals surface area contributed by atoms with Crippen LogP contribution >= 0.6 is 0 Å². The predicted octanol–water partition coefficient (Wildman–Crippen LogP) is 11.2. The highest BCUT2D eigenvalue weighted by atomic mass is 16.5. The maximum atomic E-state index is 6.95. The largest absolute Gasteiger partial charge is 0.456 e. The zero-order valence-corrected chi connectivity index (χ0v) is 27.2. The van der Waals surface area contributed by atoms with Crippen LogP contribution < -0.4 is 4.74 Å². The first-order valence-corrected chi connectivity index (χ1v) is 17.1. The van der Waals surface area contributed by atoms with Crippen LogP contribution in [0.4, 0.5) is 0 Å². The van der Waals surface area contributed by atoms with Gasteiger partial charge >= 0.3 is 0 Å². The topological polar surface area (TPSA) is 61.0 Å². The Hall–Kier alpha value is -6.85. The molecule has 1 aliphatic heterocycles. The van der Waals surface area contributed by atoms with Gasteiger partial charge in [0.05, 0.1) is 11.0 Å². The van der Waals surface area contributed by atoms with E-state index in [-0.39, 0.29) is 0 Å². The average molecular weight is 654 g/mol. The number of furan rings is 1. The lowest BCUT2D eigenvalue weighted by molar-refractivity contribution is 0.437. The normalized spacial score (nSPS) is 13.4. The standard InChI is InChI=1S/C46H27N3O2/c1-2-13-28(14-3-1)43-47-44(29-25-26-33-32-17-6-10-23-39(32)50-41(33)27-29)49-45(48-43)34-18-12-22-38-42(34)51-40-24-11-9-21-37(40)46(38)35-19-7-4-15-30(35)31-16-5-8-20-36(31)46/h1-27H. The SMILES string of the molecule is c1ccc(-c2nc(-c3ccc4c(c3)oc3ccccc34)nc(-c3cccc4c3Oc3ccccc3C43c4ccccc4-c4ccccc43)n2)cc1. The van der Waals surface area contributed by atoms with E-state index < -0.39 is 5.41 Å². The molecule has 2 aromatic heterocycles. The van der Waals surface area contributed by atoms with Crippen molar-refractivity contribution in [3.8, 4) is 56.8 Å². The summed E-state index contributed by atoms with van der Waals surface area (Å²) in [7, 11) is 0. The molecule has 7 aromatic carbocycles. The first-order valence-electron chi connectivity index (χ1n) is 17.1. The van der Waals surface area contributed by atoms with Crippen LogP contribution in [0.1, 0.15) is 22.3 Å². The van der Waals surface area contributed by atoms with Gasteiger partial charge in [-0.3, -0.25) is 0 Å². The van der Waals surface area contributed by atoms with E-state index in [2.05, 4.69) is 103 Å². The summed E-state index contributed by atoms with van der Waals surface area (Å²) in [5.41, 5.74) is 10.7. The first kappa shape index (κ1) is 28.0. The molecule has 5 heteroatoms. The van der Waals surface area contributed by atoms with Crippen LogP contribution in [-0.2, 0) is 5.41 Å². The van der Waals surface area contributed by atoms with Gasteiger partial charge in [-0.2, -0.15) is 0 Å². The second-order valence-corrected chi connectivity index (χ2v) is 13.1. The summed E-state index contributed by atoms with van der Waals surface area (Å²) >= 11 is 0. The van der Waals surface area contributed by atoms with Gasteiger partial charge in [0.25, 0.3) is 0 Å². The van der Waals surface area contributed by atoms with E-state index >= 15 is 0 Å². The van der Waals surface area contributed by atoms with E-state index in [1.807, 2.05) is 60.7 Å². The van der Waals surface area contributed by atoms with Gasteiger partial charge in [-0.25, -0.2) is 15.0 Å². The van der Waals surface area contributed by atoms with Gasteiger partial charge in [0.1, 0.15) is 22.7 Å². The van der Waals surface area contributed by atoms with Crippen molar-refractivity contribution >= 4 is 21.9 Å². The minimum absolute atomic E-state index is 0.537. The highest BCUT2D eigenvalue weighted by Crippen LogP contribution is 2.63. The molecule has 0 saturated heterocycles. The Labute approximate surface area is 293 Å². The lowest BCUT2D eigenvalue weighted by atomic mass is 9.66. The average Bonchev–Trinajstić information content (AvgIpc) is 3.72. The number of fused-ring (bicyclic) bond motifs is 12. The molecule has 0 atom stereocenters. The van der Waals surface area contributed by atoms with E-state index in [0.717, 1.165) is 61.3 Å². The summed E-state index contributed by atoms with van der Waals surface area (Å²) in [4.78, 5) is 15.4. The predicted molar refractivity (Wildman–Crippen MR) is 201 cm³/mol. The van der Waals surface area contributed by atoms with Crippen LogP contribution in [0.15, 0.2) is 168 Å². The molecule has 238 valence electrons. The fourth-order valence-corrected chi connectivity index (χ4v) is 8.26. The smallest absolute Gasteiger partial charge is 0.167 e. The maximum Gasteiger partial charge on any atom is 0.167 e. The Balaban J connectivity index is 1.17. The van der Waals surface area contributed by atoms with E-state index in [0.29, 0.717) is 17.5 Å². The molecular formula is C46H27N3O2. The summed E-state index contributed by atoms with van der Waals surface area (Å²) in [6, 6.07) is 56.6.